The minimum atomic E-state index is -0.782. The van der Waals surface area contributed by atoms with Gasteiger partial charge in [0.15, 0.2) is 0 Å². The molecule has 3 aromatic carbocycles. The van der Waals surface area contributed by atoms with E-state index in [1.165, 1.54) is 0 Å². The molecule has 0 amide bonds. The molecule has 0 aliphatic carbocycles. The van der Waals surface area contributed by atoms with Gasteiger partial charge in [0.05, 0.1) is 19.2 Å². The predicted molar refractivity (Wildman–Crippen MR) is 142 cm³/mol. The topological polar surface area (TPSA) is 69.9 Å². The van der Waals surface area contributed by atoms with Crippen molar-refractivity contribution >= 4 is 40.6 Å². The average molecular weight is 501 g/mol. The highest BCUT2D eigenvalue weighted by Gasteiger charge is 2.33. The van der Waals surface area contributed by atoms with Gasteiger partial charge in [0, 0.05) is 34.4 Å². The van der Waals surface area contributed by atoms with Crippen LogP contribution < -0.4 is 4.74 Å². The minimum absolute atomic E-state index is 0.236. The summed E-state index contributed by atoms with van der Waals surface area (Å²) in [6.45, 7) is 2.53. The number of esters is 1. The lowest BCUT2D eigenvalue weighted by atomic mass is 9.97. The van der Waals surface area contributed by atoms with Crippen LogP contribution in [0.5, 0.6) is 5.75 Å². The standard InChI is InChI=1S/C29H25ClN2O4/c1-3-36-29(34)25-17-31-15-14-23-24-16-20(18-6-11-22(35-2)12-7-18)8-13-26(24)32(27(23)25)28(33)19-4-9-21(30)10-5-19/h4-13,16-17,25H,3,14-15H2,1-2H3. The van der Waals surface area contributed by atoms with Crippen molar-refractivity contribution < 1.29 is 19.1 Å². The van der Waals surface area contributed by atoms with Gasteiger partial charge in [-0.15, -0.1) is 0 Å². The zero-order chi connectivity index (χ0) is 25.2. The van der Waals surface area contributed by atoms with E-state index in [0.717, 1.165) is 33.3 Å². The van der Waals surface area contributed by atoms with Gasteiger partial charge in [-0.3, -0.25) is 19.1 Å². The van der Waals surface area contributed by atoms with Crippen molar-refractivity contribution in [3.05, 3.63) is 88.6 Å². The highest BCUT2D eigenvalue weighted by atomic mass is 35.5. The monoisotopic (exact) mass is 500 g/mol. The Bertz CT molecular complexity index is 1470. The van der Waals surface area contributed by atoms with Crippen molar-refractivity contribution in [3.63, 3.8) is 0 Å². The Labute approximate surface area is 214 Å². The van der Waals surface area contributed by atoms with Crippen LogP contribution >= 0.6 is 11.6 Å². The van der Waals surface area contributed by atoms with Gasteiger partial charge in [-0.25, -0.2) is 0 Å². The van der Waals surface area contributed by atoms with Gasteiger partial charge in [-0.05, 0) is 78.6 Å². The summed E-state index contributed by atoms with van der Waals surface area (Å²) in [7, 11) is 1.64. The normalized spacial score (nSPS) is 14.8. The Morgan fingerprint density at radius 1 is 1.03 bits per heavy atom. The first kappa shape index (κ1) is 23.8. The smallest absolute Gasteiger partial charge is 0.320 e. The SMILES string of the molecule is CCOC(=O)C1C=NCCc2c1n(C(=O)c1ccc(Cl)cc1)c1ccc(-c3ccc(OC)cc3)cc21. The molecule has 1 aliphatic rings. The van der Waals surface area contributed by atoms with E-state index < -0.39 is 11.9 Å². The first-order valence-corrected chi connectivity index (χ1v) is 12.2. The second-order valence-electron chi connectivity index (χ2n) is 8.51. The molecule has 0 spiro atoms. The second-order valence-corrected chi connectivity index (χ2v) is 8.94. The highest BCUT2D eigenvalue weighted by molar-refractivity contribution is 6.30. The van der Waals surface area contributed by atoms with E-state index in [4.69, 9.17) is 21.1 Å². The number of aliphatic imine (C=N–C) groups is 1. The van der Waals surface area contributed by atoms with Gasteiger partial charge in [-0.1, -0.05) is 29.8 Å². The van der Waals surface area contributed by atoms with Gasteiger partial charge in [0.25, 0.3) is 5.91 Å². The number of carbonyl (C=O) groups excluding carboxylic acids is 2. The summed E-state index contributed by atoms with van der Waals surface area (Å²) in [4.78, 5) is 31.4. The van der Waals surface area contributed by atoms with E-state index in [0.29, 0.717) is 29.2 Å². The summed E-state index contributed by atoms with van der Waals surface area (Å²) in [5.74, 6) is -0.661. The summed E-state index contributed by atoms with van der Waals surface area (Å²) in [6.07, 6.45) is 2.21. The molecule has 0 saturated heterocycles. The maximum Gasteiger partial charge on any atom is 0.320 e. The fourth-order valence-corrected chi connectivity index (χ4v) is 4.83. The van der Waals surface area contributed by atoms with Gasteiger partial charge < -0.3 is 9.47 Å². The molecule has 0 N–H and O–H groups in total. The molecule has 0 saturated carbocycles. The summed E-state index contributed by atoms with van der Waals surface area (Å²) >= 11 is 6.06. The third kappa shape index (κ3) is 4.29. The molecule has 4 aromatic rings. The quantitative estimate of drug-likeness (QED) is 0.318. The van der Waals surface area contributed by atoms with E-state index in [1.807, 2.05) is 36.4 Å². The first-order valence-electron chi connectivity index (χ1n) is 11.8. The summed E-state index contributed by atoms with van der Waals surface area (Å²) < 4.78 is 12.3. The van der Waals surface area contributed by atoms with Crippen LogP contribution in [0.3, 0.4) is 0 Å². The first-order chi connectivity index (χ1) is 17.5. The molecule has 0 radical (unpaired) electrons. The fraction of sp³-hybridized carbons (Fsp3) is 0.207. The molecule has 1 aliphatic heterocycles. The van der Waals surface area contributed by atoms with Crippen LogP contribution in [0, 0.1) is 0 Å². The molecule has 36 heavy (non-hydrogen) atoms. The van der Waals surface area contributed by atoms with Crippen molar-refractivity contribution in [1.29, 1.82) is 0 Å². The lowest BCUT2D eigenvalue weighted by Crippen LogP contribution is -2.24. The molecule has 5 rings (SSSR count). The Balaban J connectivity index is 1.74. The summed E-state index contributed by atoms with van der Waals surface area (Å²) in [6, 6.07) is 20.6. The third-order valence-electron chi connectivity index (χ3n) is 6.41. The van der Waals surface area contributed by atoms with E-state index >= 15 is 0 Å². The van der Waals surface area contributed by atoms with Crippen LogP contribution in [0.4, 0.5) is 0 Å². The van der Waals surface area contributed by atoms with Crippen LogP contribution in [0.15, 0.2) is 71.7 Å². The third-order valence-corrected chi connectivity index (χ3v) is 6.66. The molecule has 7 heteroatoms. The number of fused-ring (bicyclic) bond motifs is 3. The summed E-state index contributed by atoms with van der Waals surface area (Å²) in [5, 5.41) is 1.46. The Hall–Kier alpha value is -3.90. The molecule has 0 fully saturated rings. The second kappa shape index (κ2) is 9.99. The van der Waals surface area contributed by atoms with Gasteiger partial charge in [0.1, 0.15) is 11.7 Å². The maximum absolute atomic E-state index is 13.9. The van der Waals surface area contributed by atoms with Crippen LogP contribution in [-0.4, -0.2) is 42.9 Å². The number of halogens is 1. The van der Waals surface area contributed by atoms with Crippen molar-refractivity contribution in [3.8, 4) is 16.9 Å². The molecule has 1 aromatic heterocycles. The fourth-order valence-electron chi connectivity index (χ4n) is 4.70. The zero-order valence-corrected chi connectivity index (χ0v) is 20.8. The van der Waals surface area contributed by atoms with Crippen LogP contribution in [0.1, 0.15) is 34.5 Å². The Kier molecular flexibility index (Phi) is 6.61. The van der Waals surface area contributed by atoms with Gasteiger partial charge >= 0.3 is 5.97 Å². The average Bonchev–Trinajstić information content (AvgIpc) is 3.05. The van der Waals surface area contributed by atoms with E-state index in [1.54, 1.807) is 49.1 Å². The number of ether oxygens (including phenoxy) is 2. The van der Waals surface area contributed by atoms with Crippen molar-refractivity contribution in [1.82, 2.24) is 4.57 Å². The number of aromatic nitrogens is 1. The predicted octanol–water partition coefficient (Wildman–Crippen LogP) is 5.93. The minimum Gasteiger partial charge on any atom is -0.497 e. The maximum atomic E-state index is 13.9. The Morgan fingerprint density at radius 3 is 2.44 bits per heavy atom. The van der Waals surface area contributed by atoms with Gasteiger partial charge in [0.2, 0.25) is 0 Å². The molecule has 1 unspecified atom stereocenters. The number of hydrogen-bond acceptors (Lipinski definition) is 5. The lowest BCUT2D eigenvalue weighted by molar-refractivity contribution is -0.143. The summed E-state index contributed by atoms with van der Waals surface area (Å²) in [5.41, 5.74) is 4.77. The molecule has 1 atom stereocenters. The molecule has 2 heterocycles. The largest absolute Gasteiger partial charge is 0.497 e. The number of benzene rings is 3. The molecule has 182 valence electrons. The van der Waals surface area contributed by atoms with Crippen LogP contribution in [0.25, 0.3) is 22.0 Å². The molecule has 0 bridgehead atoms. The number of hydrogen-bond donors (Lipinski definition) is 0. The molecular weight excluding hydrogens is 476 g/mol. The number of rotatable bonds is 5. The van der Waals surface area contributed by atoms with Gasteiger partial charge in [-0.2, -0.15) is 0 Å². The number of carbonyl (C=O) groups is 2. The number of methoxy groups -OCH3 is 1. The number of nitrogens with zero attached hydrogens (tertiary/aromatic N) is 2. The van der Waals surface area contributed by atoms with Crippen LogP contribution in [0.2, 0.25) is 5.02 Å². The van der Waals surface area contributed by atoms with E-state index in [-0.39, 0.29) is 12.5 Å². The zero-order valence-electron chi connectivity index (χ0n) is 20.0. The van der Waals surface area contributed by atoms with E-state index in [2.05, 4.69) is 11.1 Å². The van der Waals surface area contributed by atoms with Crippen molar-refractivity contribution in [2.75, 3.05) is 20.3 Å². The van der Waals surface area contributed by atoms with Crippen molar-refractivity contribution in [2.24, 2.45) is 4.99 Å². The van der Waals surface area contributed by atoms with E-state index in [9.17, 15) is 9.59 Å². The highest BCUT2D eigenvalue weighted by Crippen LogP contribution is 2.37. The van der Waals surface area contributed by atoms with Crippen molar-refractivity contribution in [2.45, 2.75) is 19.3 Å². The molecule has 6 nitrogen and oxygen atoms in total. The Morgan fingerprint density at radius 2 is 1.75 bits per heavy atom. The molecular formula is C29H25ClN2O4. The lowest BCUT2D eigenvalue weighted by Gasteiger charge is -2.16. The van der Waals surface area contributed by atoms with Crippen LogP contribution in [-0.2, 0) is 16.0 Å².